The first kappa shape index (κ1) is 13.9. The van der Waals surface area contributed by atoms with Gasteiger partial charge in [0.2, 0.25) is 0 Å². The number of nitrogens with zero attached hydrogens (tertiary/aromatic N) is 3. The molecular formula is C14H13F2N3OS. The molecule has 2 heterocycles. The molecule has 1 aromatic carbocycles. The summed E-state index contributed by atoms with van der Waals surface area (Å²) in [6.45, 7) is 2.30. The molecule has 0 radical (unpaired) electrons. The van der Waals surface area contributed by atoms with Gasteiger partial charge in [0.25, 0.3) is 5.91 Å². The zero-order chi connectivity index (χ0) is 14.8. The second-order valence-corrected chi connectivity index (χ2v) is 5.59. The highest BCUT2D eigenvalue weighted by atomic mass is 32.1. The van der Waals surface area contributed by atoms with Gasteiger partial charge < -0.3 is 9.80 Å². The Kier molecular flexibility index (Phi) is 3.83. The maximum atomic E-state index is 13.6. The molecule has 21 heavy (non-hydrogen) atoms. The van der Waals surface area contributed by atoms with Gasteiger partial charge in [0.15, 0.2) is 5.13 Å². The van der Waals surface area contributed by atoms with Crippen molar-refractivity contribution < 1.29 is 13.6 Å². The van der Waals surface area contributed by atoms with E-state index >= 15 is 0 Å². The number of piperazine rings is 1. The molecule has 1 aliphatic rings. The van der Waals surface area contributed by atoms with Crippen molar-refractivity contribution in [3.63, 3.8) is 0 Å². The topological polar surface area (TPSA) is 36.4 Å². The number of rotatable bonds is 2. The molecule has 0 aliphatic carbocycles. The van der Waals surface area contributed by atoms with Crippen molar-refractivity contribution in [2.24, 2.45) is 0 Å². The minimum absolute atomic E-state index is 0.0842. The minimum atomic E-state index is -0.817. The van der Waals surface area contributed by atoms with Crippen LogP contribution >= 0.6 is 11.3 Å². The Labute approximate surface area is 124 Å². The maximum Gasteiger partial charge on any atom is 0.256 e. The van der Waals surface area contributed by atoms with Gasteiger partial charge in [-0.2, -0.15) is 0 Å². The summed E-state index contributed by atoms with van der Waals surface area (Å²) in [5.74, 6) is -1.90. The molecule has 1 aliphatic heterocycles. The Balaban J connectivity index is 1.67. The van der Waals surface area contributed by atoms with Crippen molar-refractivity contribution in [1.82, 2.24) is 9.88 Å². The smallest absolute Gasteiger partial charge is 0.256 e. The largest absolute Gasteiger partial charge is 0.345 e. The molecule has 1 saturated heterocycles. The van der Waals surface area contributed by atoms with Gasteiger partial charge in [-0.3, -0.25) is 4.79 Å². The molecule has 110 valence electrons. The lowest BCUT2D eigenvalue weighted by molar-refractivity contribution is 0.0742. The van der Waals surface area contributed by atoms with Gasteiger partial charge >= 0.3 is 0 Å². The third-order valence-corrected chi connectivity index (χ3v) is 4.25. The summed E-state index contributed by atoms with van der Waals surface area (Å²) in [6, 6.07) is 3.03. The Morgan fingerprint density at radius 1 is 1.19 bits per heavy atom. The fourth-order valence-electron chi connectivity index (χ4n) is 2.31. The number of hydrogen-bond acceptors (Lipinski definition) is 4. The van der Waals surface area contributed by atoms with E-state index in [4.69, 9.17) is 0 Å². The quantitative estimate of drug-likeness (QED) is 0.854. The van der Waals surface area contributed by atoms with Gasteiger partial charge in [-0.05, 0) is 12.1 Å². The van der Waals surface area contributed by atoms with Crippen molar-refractivity contribution in [3.05, 3.63) is 47.0 Å². The molecule has 1 amide bonds. The second kappa shape index (κ2) is 5.77. The van der Waals surface area contributed by atoms with Crippen LogP contribution in [0.4, 0.5) is 13.9 Å². The number of carbonyl (C=O) groups is 1. The number of amides is 1. The molecule has 0 unspecified atom stereocenters. The van der Waals surface area contributed by atoms with Gasteiger partial charge in [-0.25, -0.2) is 13.8 Å². The molecular weight excluding hydrogens is 296 g/mol. The van der Waals surface area contributed by atoms with Gasteiger partial charge in [0, 0.05) is 43.8 Å². The van der Waals surface area contributed by atoms with Crippen LogP contribution < -0.4 is 4.90 Å². The van der Waals surface area contributed by atoms with Crippen LogP contribution in [0.3, 0.4) is 0 Å². The zero-order valence-electron chi connectivity index (χ0n) is 11.1. The fraction of sp³-hybridized carbons (Fsp3) is 0.286. The SMILES string of the molecule is O=C(c1ccc(F)cc1F)N1CCN(c2nccs2)CC1. The van der Waals surface area contributed by atoms with E-state index in [-0.39, 0.29) is 5.56 Å². The van der Waals surface area contributed by atoms with Crippen molar-refractivity contribution in [1.29, 1.82) is 0 Å². The summed E-state index contributed by atoms with van der Waals surface area (Å²) < 4.78 is 26.5. The average molecular weight is 309 g/mol. The molecule has 3 rings (SSSR count). The van der Waals surface area contributed by atoms with Gasteiger partial charge in [0.1, 0.15) is 11.6 Å². The molecule has 0 N–H and O–H groups in total. The lowest BCUT2D eigenvalue weighted by Gasteiger charge is -2.34. The average Bonchev–Trinajstić information content (AvgIpc) is 3.01. The Bertz CT molecular complexity index is 640. The number of carbonyl (C=O) groups excluding carboxylic acids is 1. The molecule has 1 fully saturated rings. The Morgan fingerprint density at radius 2 is 1.95 bits per heavy atom. The molecule has 4 nitrogen and oxygen atoms in total. The molecule has 0 bridgehead atoms. The van der Waals surface area contributed by atoms with E-state index in [0.717, 1.165) is 17.3 Å². The summed E-state index contributed by atoms with van der Waals surface area (Å²) in [5.41, 5.74) is -0.0842. The van der Waals surface area contributed by atoms with Crippen molar-refractivity contribution in [3.8, 4) is 0 Å². The first-order valence-corrected chi connectivity index (χ1v) is 7.42. The number of benzene rings is 1. The molecule has 0 saturated carbocycles. The second-order valence-electron chi connectivity index (χ2n) is 4.72. The predicted octanol–water partition coefficient (Wildman–Crippen LogP) is 2.38. The van der Waals surface area contributed by atoms with Crippen LogP contribution in [-0.2, 0) is 0 Å². The van der Waals surface area contributed by atoms with Crippen molar-refractivity contribution in [2.45, 2.75) is 0 Å². The van der Waals surface area contributed by atoms with Crippen LogP contribution in [0.1, 0.15) is 10.4 Å². The lowest BCUT2D eigenvalue weighted by Crippen LogP contribution is -2.49. The zero-order valence-corrected chi connectivity index (χ0v) is 11.9. The van der Waals surface area contributed by atoms with E-state index in [9.17, 15) is 13.6 Å². The number of thiazole rings is 1. The van der Waals surface area contributed by atoms with E-state index in [1.54, 1.807) is 22.4 Å². The highest BCUT2D eigenvalue weighted by Gasteiger charge is 2.25. The van der Waals surface area contributed by atoms with Crippen LogP contribution in [0.2, 0.25) is 0 Å². The summed E-state index contributed by atoms with van der Waals surface area (Å²) in [5, 5.41) is 2.83. The van der Waals surface area contributed by atoms with E-state index in [0.29, 0.717) is 26.2 Å². The number of aromatic nitrogens is 1. The van der Waals surface area contributed by atoms with Crippen molar-refractivity contribution >= 4 is 22.4 Å². The summed E-state index contributed by atoms with van der Waals surface area (Å²) in [4.78, 5) is 20.2. The van der Waals surface area contributed by atoms with E-state index < -0.39 is 17.5 Å². The van der Waals surface area contributed by atoms with Gasteiger partial charge in [-0.15, -0.1) is 11.3 Å². The molecule has 0 atom stereocenters. The van der Waals surface area contributed by atoms with Gasteiger partial charge in [0.05, 0.1) is 5.56 Å². The third kappa shape index (κ3) is 2.87. The van der Waals surface area contributed by atoms with Crippen LogP contribution in [0.15, 0.2) is 29.8 Å². The summed E-state index contributed by atoms with van der Waals surface area (Å²) >= 11 is 1.55. The van der Waals surface area contributed by atoms with Crippen molar-refractivity contribution in [2.75, 3.05) is 31.1 Å². The van der Waals surface area contributed by atoms with E-state index in [1.165, 1.54) is 6.07 Å². The highest BCUT2D eigenvalue weighted by Crippen LogP contribution is 2.20. The van der Waals surface area contributed by atoms with Gasteiger partial charge in [-0.1, -0.05) is 0 Å². The third-order valence-electron chi connectivity index (χ3n) is 3.42. The first-order valence-electron chi connectivity index (χ1n) is 6.54. The minimum Gasteiger partial charge on any atom is -0.345 e. The number of hydrogen-bond donors (Lipinski definition) is 0. The lowest BCUT2D eigenvalue weighted by atomic mass is 10.1. The van der Waals surface area contributed by atoms with E-state index in [1.807, 2.05) is 5.38 Å². The molecule has 7 heteroatoms. The normalized spacial score (nSPS) is 15.3. The van der Waals surface area contributed by atoms with Crippen LogP contribution in [0.5, 0.6) is 0 Å². The molecule has 1 aromatic heterocycles. The predicted molar refractivity (Wildman–Crippen MR) is 76.6 cm³/mol. The highest BCUT2D eigenvalue weighted by molar-refractivity contribution is 7.13. The summed E-state index contributed by atoms with van der Waals surface area (Å²) in [7, 11) is 0. The molecule has 0 spiro atoms. The number of halogens is 2. The van der Waals surface area contributed by atoms with Crippen LogP contribution in [0.25, 0.3) is 0 Å². The molecule has 2 aromatic rings. The van der Waals surface area contributed by atoms with Crippen LogP contribution in [0, 0.1) is 11.6 Å². The fourth-order valence-corrected chi connectivity index (χ4v) is 3.00. The van der Waals surface area contributed by atoms with Crippen LogP contribution in [-0.4, -0.2) is 42.0 Å². The Hall–Kier alpha value is -2.02. The van der Waals surface area contributed by atoms with E-state index in [2.05, 4.69) is 9.88 Å². The standard InChI is InChI=1S/C14H13F2N3OS/c15-10-1-2-11(12(16)9-10)13(20)18-4-6-19(7-5-18)14-17-3-8-21-14/h1-3,8-9H,4-7H2. The first-order chi connectivity index (χ1) is 10.1. The number of anilines is 1. The monoisotopic (exact) mass is 309 g/mol. The maximum absolute atomic E-state index is 13.6. The summed E-state index contributed by atoms with van der Waals surface area (Å²) in [6.07, 6.45) is 1.74. The Morgan fingerprint density at radius 3 is 2.57 bits per heavy atom.